The Morgan fingerprint density at radius 3 is 2.52 bits per heavy atom. The van der Waals surface area contributed by atoms with Gasteiger partial charge in [-0.2, -0.15) is 10.1 Å². The summed E-state index contributed by atoms with van der Waals surface area (Å²) >= 11 is 0. The third kappa shape index (κ3) is 4.65. The lowest BCUT2D eigenvalue weighted by atomic mass is 10.2. The zero-order chi connectivity index (χ0) is 17.8. The van der Waals surface area contributed by atoms with Gasteiger partial charge in [-0.25, -0.2) is 0 Å². The number of β-amino-alcohol motifs (C(OH)–C–C–N with tert-alkyl or cyclic N) is 1. The van der Waals surface area contributed by atoms with Crippen LogP contribution in [0, 0.1) is 0 Å². The molecule has 138 valence electrons. The standard InChI is InChI=1S/C17H28N6O2/c1-13(2)16-19-17(25-20-16)14(3)22-9-7-21(8-10-22)11-15(24)12-23-6-4-5-18-23/h4-6,13-15,24H,7-12H2,1-3H3. The van der Waals surface area contributed by atoms with E-state index < -0.39 is 6.10 Å². The highest BCUT2D eigenvalue weighted by atomic mass is 16.5. The Kier molecular flexibility index (Phi) is 5.82. The van der Waals surface area contributed by atoms with Gasteiger partial charge < -0.3 is 9.63 Å². The SMILES string of the molecule is CC(C)c1noc(C(C)N2CCN(CC(O)Cn3cccn3)CC2)n1. The molecular formula is C17H28N6O2. The number of nitrogens with zero attached hydrogens (tertiary/aromatic N) is 6. The van der Waals surface area contributed by atoms with E-state index >= 15 is 0 Å². The van der Waals surface area contributed by atoms with Crippen LogP contribution in [-0.4, -0.2) is 73.7 Å². The summed E-state index contributed by atoms with van der Waals surface area (Å²) in [5, 5.41) is 18.4. The Balaban J connectivity index is 1.46. The molecule has 2 aromatic heterocycles. The highest BCUT2D eigenvalue weighted by molar-refractivity contribution is 4.96. The Labute approximate surface area is 148 Å². The van der Waals surface area contributed by atoms with Gasteiger partial charge in [0, 0.05) is 51.0 Å². The molecule has 1 N–H and O–H groups in total. The van der Waals surface area contributed by atoms with Crippen molar-refractivity contribution in [1.82, 2.24) is 29.7 Å². The summed E-state index contributed by atoms with van der Waals surface area (Å²) in [4.78, 5) is 9.16. The van der Waals surface area contributed by atoms with E-state index in [1.807, 2.05) is 12.3 Å². The molecule has 8 heteroatoms. The van der Waals surface area contributed by atoms with Crippen LogP contribution in [-0.2, 0) is 6.54 Å². The molecule has 3 heterocycles. The van der Waals surface area contributed by atoms with E-state index in [9.17, 15) is 5.11 Å². The summed E-state index contributed by atoms with van der Waals surface area (Å²) in [5.41, 5.74) is 0. The van der Waals surface area contributed by atoms with Gasteiger partial charge in [-0.1, -0.05) is 19.0 Å². The normalized spacial score (nSPS) is 19.4. The summed E-state index contributed by atoms with van der Waals surface area (Å²) in [6.07, 6.45) is 3.20. The molecule has 0 saturated carbocycles. The van der Waals surface area contributed by atoms with Gasteiger partial charge in [-0.15, -0.1) is 0 Å². The Morgan fingerprint density at radius 2 is 1.92 bits per heavy atom. The van der Waals surface area contributed by atoms with Crippen molar-refractivity contribution >= 4 is 0 Å². The lowest BCUT2D eigenvalue weighted by Crippen LogP contribution is -2.49. The van der Waals surface area contributed by atoms with Crippen molar-refractivity contribution in [2.24, 2.45) is 0 Å². The molecule has 0 radical (unpaired) electrons. The number of rotatable bonds is 7. The largest absolute Gasteiger partial charge is 0.390 e. The first kappa shape index (κ1) is 18.0. The van der Waals surface area contributed by atoms with Crippen molar-refractivity contribution < 1.29 is 9.63 Å². The Morgan fingerprint density at radius 1 is 1.16 bits per heavy atom. The van der Waals surface area contributed by atoms with Crippen molar-refractivity contribution in [2.75, 3.05) is 32.7 Å². The summed E-state index contributed by atoms with van der Waals surface area (Å²) in [7, 11) is 0. The quantitative estimate of drug-likeness (QED) is 0.803. The molecular weight excluding hydrogens is 320 g/mol. The lowest BCUT2D eigenvalue weighted by Gasteiger charge is -2.37. The van der Waals surface area contributed by atoms with Crippen LogP contribution in [0.4, 0.5) is 0 Å². The van der Waals surface area contributed by atoms with E-state index in [4.69, 9.17) is 4.52 Å². The van der Waals surface area contributed by atoms with E-state index in [1.165, 1.54) is 0 Å². The minimum atomic E-state index is -0.409. The van der Waals surface area contributed by atoms with Crippen LogP contribution in [0.1, 0.15) is 44.4 Å². The first-order valence-corrected chi connectivity index (χ1v) is 8.98. The second-order valence-corrected chi connectivity index (χ2v) is 7.04. The third-order valence-corrected chi connectivity index (χ3v) is 4.71. The third-order valence-electron chi connectivity index (χ3n) is 4.71. The number of aliphatic hydroxyl groups excluding tert-OH is 1. The maximum atomic E-state index is 10.2. The zero-order valence-electron chi connectivity index (χ0n) is 15.2. The van der Waals surface area contributed by atoms with Crippen LogP contribution in [0.3, 0.4) is 0 Å². The fourth-order valence-electron chi connectivity index (χ4n) is 3.12. The van der Waals surface area contributed by atoms with Crippen LogP contribution in [0.2, 0.25) is 0 Å². The van der Waals surface area contributed by atoms with Crippen LogP contribution >= 0.6 is 0 Å². The van der Waals surface area contributed by atoms with E-state index in [1.54, 1.807) is 10.9 Å². The molecule has 2 unspecified atom stereocenters. The average molecular weight is 348 g/mol. The summed E-state index contributed by atoms with van der Waals surface area (Å²) in [6.45, 7) is 11.1. The Bertz CT molecular complexity index is 633. The number of piperazine rings is 1. The number of hydrogen-bond donors (Lipinski definition) is 1. The predicted octanol–water partition coefficient (Wildman–Crippen LogP) is 1.13. The molecule has 8 nitrogen and oxygen atoms in total. The average Bonchev–Trinajstić information content (AvgIpc) is 3.26. The molecule has 0 spiro atoms. The number of aliphatic hydroxyl groups is 1. The van der Waals surface area contributed by atoms with Gasteiger partial charge in [-0.05, 0) is 13.0 Å². The molecule has 1 aliphatic heterocycles. The molecule has 25 heavy (non-hydrogen) atoms. The molecule has 3 rings (SSSR count). The highest BCUT2D eigenvalue weighted by Gasteiger charge is 2.26. The van der Waals surface area contributed by atoms with Gasteiger partial charge in [0.1, 0.15) is 0 Å². The van der Waals surface area contributed by atoms with E-state index in [2.05, 4.69) is 45.8 Å². The number of hydrogen-bond acceptors (Lipinski definition) is 7. The van der Waals surface area contributed by atoms with E-state index in [-0.39, 0.29) is 12.0 Å². The van der Waals surface area contributed by atoms with E-state index in [0.29, 0.717) is 19.0 Å². The minimum Gasteiger partial charge on any atom is -0.390 e. The van der Waals surface area contributed by atoms with Gasteiger partial charge in [0.05, 0.1) is 18.7 Å². The molecule has 1 fully saturated rings. The van der Waals surface area contributed by atoms with Gasteiger partial charge >= 0.3 is 0 Å². The van der Waals surface area contributed by atoms with Gasteiger partial charge in [0.25, 0.3) is 0 Å². The predicted molar refractivity (Wildman–Crippen MR) is 93.0 cm³/mol. The molecule has 1 saturated heterocycles. The summed E-state index contributed by atoms with van der Waals surface area (Å²) < 4.78 is 7.19. The molecule has 2 aromatic rings. The molecule has 0 aromatic carbocycles. The van der Waals surface area contributed by atoms with Gasteiger partial charge in [0.2, 0.25) is 5.89 Å². The fourth-order valence-corrected chi connectivity index (χ4v) is 3.12. The summed E-state index contributed by atoms with van der Waals surface area (Å²) in [6, 6.07) is 1.99. The van der Waals surface area contributed by atoms with Crippen LogP contribution in [0.5, 0.6) is 0 Å². The van der Waals surface area contributed by atoms with Crippen molar-refractivity contribution in [3.05, 3.63) is 30.2 Å². The molecule has 1 aliphatic rings. The van der Waals surface area contributed by atoms with Crippen molar-refractivity contribution in [3.63, 3.8) is 0 Å². The Hall–Kier alpha value is -1.77. The zero-order valence-corrected chi connectivity index (χ0v) is 15.2. The lowest BCUT2D eigenvalue weighted by molar-refractivity contribution is 0.0459. The van der Waals surface area contributed by atoms with Crippen molar-refractivity contribution in [1.29, 1.82) is 0 Å². The van der Waals surface area contributed by atoms with Gasteiger partial charge in [0.15, 0.2) is 5.82 Å². The fraction of sp³-hybridized carbons (Fsp3) is 0.706. The molecule has 0 amide bonds. The van der Waals surface area contributed by atoms with Gasteiger partial charge in [-0.3, -0.25) is 14.5 Å². The van der Waals surface area contributed by atoms with E-state index in [0.717, 1.165) is 32.0 Å². The highest BCUT2D eigenvalue weighted by Crippen LogP contribution is 2.22. The first-order valence-electron chi connectivity index (χ1n) is 8.98. The maximum Gasteiger partial charge on any atom is 0.243 e. The van der Waals surface area contributed by atoms with Crippen LogP contribution < -0.4 is 0 Å². The topological polar surface area (TPSA) is 83.5 Å². The van der Waals surface area contributed by atoms with Crippen molar-refractivity contribution in [2.45, 2.75) is 45.4 Å². The molecule has 0 aliphatic carbocycles. The summed E-state index contributed by atoms with van der Waals surface area (Å²) in [5.74, 6) is 1.73. The van der Waals surface area contributed by atoms with Crippen LogP contribution in [0.25, 0.3) is 0 Å². The number of aromatic nitrogens is 4. The second kappa shape index (κ2) is 8.07. The minimum absolute atomic E-state index is 0.121. The first-order chi connectivity index (χ1) is 12.0. The molecule has 0 bridgehead atoms. The smallest absolute Gasteiger partial charge is 0.243 e. The monoisotopic (exact) mass is 348 g/mol. The second-order valence-electron chi connectivity index (χ2n) is 7.04. The van der Waals surface area contributed by atoms with Crippen LogP contribution in [0.15, 0.2) is 23.0 Å². The molecule has 2 atom stereocenters. The van der Waals surface area contributed by atoms with Crippen molar-refractivity contribution in [3.8, 4) is 0 Å². The maximum absolute atomic E-state index is 10.2.